The first-order chi connectivity index (χ1) is 13.8. The third kappa shape index (κ3) is 5.47. The van der Waals surface area contributed by atoms with Crippen molar-refractivity contribution in [3.05, 3.63) is 68.2 Å². The zero-order valence-corrected chi connectivity index (χ0v) is 18.2. The molecule has 0 saturated heterocycles. The van der Waals surface area contributed by atoms with Crippen molar-refractivity contribution < 1.29 is 18.8 Å². The Hall–Kier alpha value is -2.62. The molecule has 0 aliphatic carbocycles. The van der Waals surface area contributed by atoms with Crippen LogP contribution in [-0.2, 0) is 4.79 Å². The maximum absolute atomic E-state index is 12.4. The summed E-state index contributed by atoms with van der Waals surface area (Å²) in [6, 6.07) is 11.2. The standard InChI is InChI=1S/C19H15BrClN3O4S/c1-24(19(27)15-6-7-16(20)29-15)10-17(25)22-12-5-4-11(21)9-13(12)23-18(26)14-3-2-8-28-14/h2-9H,10H2,1H3,(H,22,25)(H,23,26). The second-order valence-electron chi connectivity index (χ2n) is 5.93. The van der Waals surface area contributed by atoms with Crippen molar-refractivity contribution in [2.45, 2.75) is 0 Å². The molecule has 2 heterocycles. The summed E-state index contributed by atoms with van der Waals surface area (Å²) >= 11 is 10.6. The third-order valence-corrected chi connectivity index (χ3v) is 5.61. The van der Waals surface area contributed by atoms with Gasteiger partial charge in [-0.15, -0.1) is 11.3 Å². The van der Waals surface area contributed by atoms with E-state index in [4.69, 9.17) is 16.0 Å². The van der Waals surface area contributed by atoms with Crippen molar-refractivity contribution in [1.82, 2.24) is 4.90 Å². The number of hydrogen-bond donors (Lipinski definition) is 2. The van der Waals surface area contributed by atoms with Crippen molar-refractivity contribution in [3.8, 4) is 0 Å². The van der Waals surface area contributed by atoms with Gasteiger partial charge in [-0.25, -0.2) is 0 Å². The van der Waals surface area contributed by atoms with Crippen molar-refractivity contribution in [2.24, 2.45) is 0 Å². The summed E-state index contributed by atoms with van der Waals surface area (Å²) in [7, 11) is 1.54. The zero-order valence-electron chi connectivity index (χ0n) is 15.1. The number of nitrogens with zero attached hydrogens (tertiary/aromatic N) is 1. The molecule has 7 nitrogen and oxygen atoms in total. The normalized spacial score (nSPS) is 10.4. The Bertz CT molecular complexity index is 1050. The van der Waals surface area contributed by atoms with E-state index in [1.807, 2.05) is 0 Å². The molecule has 0 aliphatic rings. The van der Waals surface area contributed by atoms with E-state index >= 15 is 0 Å². The number of benzene rings is 1. The van der Waals surface area contributed by atoms with Crippen LogP contribution in [0.1, 0.15) is 20.2 Å². The number of rotatable bonds is 6. The Morgan fingerprint density at radius 1 is 1.14 bits per heavy atom. The number of nitrogens with one attached hydrogen (secondary N) is 2. The molecule has 1 aromatic carbocycles. The summed E-state index contributed by atoms with van der Waals surface area (Å²) in [5.41, 5.74) is 0.655. The molecule has 0 bridgehead atoms. The molecule has 10 heteroatoms. The summed E-state index contributed by atoms with van der Waals surface area (Å²) < 4.78 is 5.89. The van der Waals surface area contributed by atoms with Gasteiger partial charge in [-0.3, -0.25) is 14.4 Å². The highest BCUT2D eigenvalue weighted by Gasteiger charge is 2.18. The first-order valence-corrected chi connectivity index (χ1v) is 10.3. The van der Waals surface area contributed by atoms with Gasteiger partial charge in [0.25, 0.3) is 11.8 Å². The lowest BCUT2D eigenvalue weighted by atomic mass is 10.2. The van der Waals surface area contributed by atoms with E-state index in [1.165, 1.54) is 41.7 Å². The van der Waals surface area contributed by atoms with Gasteiger partial charge in [0.1, 0.15) is 0 Å². The molecule has 0 unspecified atom stereocenters. The maximum Gasteiger partial charge on any atom is 0.291 e. The molecule has 0 spiro atoms. The molecular formula is C19H15BrClN3O4S. The summed E-state index contributed by atoms with van der Waals surface area (Å²) in [5, 5.41) is 5.72. The molecule has 2 aromatic heterocycles. The topological polar surface area (TPSA) is 91.7 Å². The molecule has 0 fully saturated rings. The number of thiophene rings is 1. The predicted octanol–water partition coefficient (Wildman–Crippen LogP) is 4.72. The predicted molar refractivity (Wildman–Crippen MR) is 116 cm³/mol. The van der Waals surface area contributed by atoms with E-state index in [2.05, 4.69) is 26.6 Å². The Morgan fingerprint density at radius 3 is 2.59 bits per heavy atom. The van der Waals surface area contributed by atoms with Crippen LogP contribution in [-0.4, -0.2) is 36.2 Å². The zero-order chi connectivity index (χ0) is 21.0. The van der Waals surface area contributed by atoms with E-state index in [9.17, 15) is 14.4 Å². The summed E-state index contributed by atoms with van der Waals surface area (Å²) in [4.78, 5) is 38.9. The van der Waals surface area contributed by atoms with E-state index in [1.54, 1.807) is 30.3 Å². The summed E-state index contributed by atoms with van der Waals surface area (Å²) in [5.74, 6) is -1.05. The third-order valence-electron chi connectivity index (χ3n) is 3.76. The van der Waals surface area contributed by atoms with E-state index in [-0.39, 0.29) is 18.2 Å². The van der Waals surface area contributed by atoms with Gasteiger partial charge in [-0.1, -0.05) is 11.6 Å². The number of anilines is 2. The van der Waals surface area contributed by atoms with Crippen molar-refractivity contribution in [2.75, 3.05) is 24.2 Å². The Kier molecular flexibility index (Phi) is 6.73. The Morgan fingerprint density at radius 2 is 1.93 bits per heavy atom. The van der Waals surface area contributed by atoms with Crippen LogP contribution in [0, 0.1) is 0 Å². The largest absolute Gasteiger partial charge is 0.459 e. The van der Waals surface area contributed by atoms with Gasteiger partial charge < -0.3 is 20.0 Å². The van der Waals surface area contributed by atoms with Crippen LogP contribution in [0.15, 0.2) is 56.9 Å². The van der Waals surface area contributed by atoms with Crippen LogP contribution in [0.3, 0.4) is 0 Å². The number of carbonyl (C=O) groups is 3. The minimum absolute atomic E-state index is 0.120. The van der Waals surface area contributed by atoms with Crippen molar-refractivity contribution in [1.29, 1.82) is 0 Å². The number of halogens is 2. The monoisotopic (exact) mass is 495 g/mol. The summed E-state index contributed by atoms with van der Waals surface area (Å²) in [6.07, 6.45) is 1.38. The van der Waals surface area contributed by atoms with Crippen LogP contribution >= 0.6 is 38.9 Å². The fourth-order valence-corrected chi connectivity index (χ4v) is 3.97. The number of furan rings is 1. The maximum atomic E-state index is 12.4. The molecule has 0 aliphatic heterocycles. The van der Waals surface area contributed by atoms with E-state index in [0.29, 0.717) is 21.3 Å². The summed E-state index contributed by atoms with van der Waals surface area (Å²) in [6.45, 7) is -0.164. The molecule has 29 heavy (non-hydrogen) atoms. The van der Waals surface area contributed by atoms with E-state index < -0.39 is 11.8 Å². The number of hydrogen-bond acceptors (Lipinski definition) is 5. The minimum atomic E-state index is -0.483. The molecular weight excluding hydrogens is 482 g/mol. The molecule has 0 saturated carbocycles. The van der Waals surface area contributed by atoms with Gasteiger partial charge in [0, 0.05) is 12.1 Å². The number of amides is 3. The first kappa shape index (κ1) is 21.1. The van der Waals surface area contributed by atoms with Crippen molar-refractivity contribution in [3.63, 3.8) is 0 Å². The second-order valence-corrected chi connectivity index (χ2v) is 8.83. The van der Waals surface area contributed by atoms with Crippen LogP contribution in [0.25, 0.3) is 0 Å². The molecule has 3 amide bonds. The minimum Gasteiger partial charge on any atom is -0.459 e. The molecule has 0 atom stereocenters. The van der Waals surface area contributed by atoms with Gasteiger partial charge >= 0.3 is 0 Å². The van der Waals surface area contributed by atoms with Crippen molar-refractivity contribution >= 4 is 68.0 Å². The lowest BCUT2D eigenvalue weighted by molar-refractivity contribution is -0.116. The van der Waals surface area contributed by atoms with Crippen LogP contribution in [0.5, 0.6) is 0 Å². The quantitative estimate of drug-likeness (QED) is 0.516. The average molecular weight is 497 g/mol. The van der Waals surface area contributed by atoms with Gasteiger partial charge in [-0.05, 0) is 58.4 Å². The van der Waals surface area contributed by atoms with Crippen LogP contribution in [0.2, 0.25) is 5.02 Å². The smallest absolute Gasteiger partial charge is 0.291 e. The highest BCUT2D eigenvalue weighted by Crippen LogP contribution is 2.27. The number of carbonyl (C=O) groups excluding carboxylic acids is 3. The van der Waals surface area contributed by atoms with Gasteiger partial charge in [0.2, 0.25) is 5.91 Å². The molecule has 2 N–H and O–H groups in total. The lowest BCUT2D eigenvalue weighted by Gasteiger charge is -2.17. The highest BCUT2D eigenvalue weighted by atomic mass is 79.9. The second kappa shape index (κ2) is 9.25. The Balaban J connectivity index is 1.68. The number of likely N-dealkylation sites (N-methyl/N-ethyl adjacent to an activating group) is 1. The first-order valence-electron chi connectivity index (χ1n) is 8.28. The Labute approximate surface area is 183 Å². The lowest BCUT2D eigenvalue weighted by Crippen LogP contribution is -2.34. The molecule has 3 aromatic rings. The van der Waals surface area contributed by atoms with Gasteiger partial charge in [0.15, 0.2) is 5.76 Å². The molecule has 150 valence electrons. The van der Waals surface area contributed by atoms with Crippen LogP contribution in [0.4, 0.5) is 11.4 Å². The fraction of sp³-hybridized carbons (Fsp3) is 0.105. The van der Waals surface area contributed by atoms with Gasteiger partial charge in [0.05, 0.1) is 32.8 Å². The molecule has 3 rings (SSSR count). The SMILES string of the molecule is CN(CC(=O)Nc1ccc(Cl)cc1NC(=O)c1ccco1)C(=O)c1ccc(Br)s1. The highest BCUT2D eigenvalue weighted by molar-refractivity contribution is 9.11. The van der Waals surface area contributed by atoms with Gasteiger partial charge in [-0.2, -0.15) is 0 Å². The van der Waals surface area contributed by atoms with Crippen LogP contribution < -0.4 is 10.6 Å². The molecule has 0 radical (unpaired) electrons. The fourth-order valence-electron chi connectivity index (χ4n) is 2.41. The van der Waals surface area contributed by atoms with E-state index in [0.717, 1.165) is 3.79 Å². The average Bonchev–Trinajstić information content (AvgIpc) is 3.35.